The Morgan fingerprint density at radius 1 is 1.30 bits per heavy atom. The molecule has 3 nitrogen and oxygen atoms in total. The second kappa shape index (κ2) is 7.65. The molecule has 1 aromatic rings. The number of esters is 1. The van der Waals surface area contributed by atoms with Crippen LogP contribution in [0.1, 0.15) is 31.2 Å². The summed E-state index contributed by atoms with van der Waals surface area (Å²) in [5.74, 6) is 0.573. The Morgan fingerprint density at radius 2 is 1.95 bits per heavy atom. The van der Waals surface area contributed by atoms with Gasteiger partial charge in [0.2, 0.25) is 0 Å². The van der Waals surface area contributed by atoms with E-state index in [9.17, 15) is 4.79 Å². The van der Waals surface area contributed by atoms with Crippen molar-refractivity contribution in [1.29, 1.82) is 0 Å². The summed E-state index contributed by atoms with van der Waals surface area (Å²) in [6, 6.07) is 8.07. The van der Waals surface area contributed by atoms with Crippen LogP contribution in [0.3, 0.4) is 0 Å². The van der Waals surface area contributed by atoms with Crippen LogP contribution >= 0.6 is 11.6 Å². The molecule has 4 heteroatoms. The number of ether oxygens (including phenoxy) is 1. The van der Waals surface area contributed by atoms with Gasteiger partial charge in [0.1, 0.15) is 0 Å². The van der Waals surface area contributed by atoms with Crippen molar-refractivity contribution in [1.82, 2.24) is 4.90 Å². The molecule has 0 radical (unpaired) electrons. The number of rotatable bonds is 5. The van der Waals surface area contributed by atoms with Gasteiger partial charge in [0, 0.05) is 18.0 Å². The fraction of sp³-hybridized carbons (Fsp3) is 0.562. The Labute approximate surface area is 125 Å². The van der Waals surface area contributed by atoms with Gasteiger partial charge in [-0.1, -0.05) is 23.7 Å². The maximum absolute atomic E-state index is 11.1. The molecule has 0 spiro atoms. The maximum atomic E-state index is 11.1. The first kappa shape index (κ1) is 15.3. The van der Waals surface area contributed by atoms with E-state index in [1.807, 2.05) is 12.1 Å². The number of halogens is 1. The van der Waals surface area contributed by atoms with E-state index in [4.69, 9.17) is 16.3 Å². The molecule has 1 fully saturated rings. The third-order valence-electron chi connectivity index (χ3n) is 4.01. The topological polar surface area (TPSA) is 29.5 Å². The molecule has 0 saturated carbocycles. The molecule has 110 valence electrons. The van der Waals surface area contributed by atoms with E-state index in [2.05, 4.69) is 17.0 Å². The van der Waals surface area contributed by atoms with Gasteiger partial charge in [-0.15, -0.1) is 0 Å². The van der Waals surface area contributed by atoms with Gasteiger partial charge >= 0.3 is 5.97 Å². The van der Waals surface area contributed by atoms with Gasteiger partial charge in [-0.2, -0.15) is 0 Å². The highest BCUT2D eigenvalue weighted by atomic mass is 35.5. The molecule has 0 aromatic heterocycles. The number of methoxy groups -OCH3 is 1. The van der Waals surface area contributed by atoms with E-state index in [0.29, 0.717) is 12.3 Å². The van der Waals surface area contributed by atoms with Crippen LogP contribution in [0.4, 0.5) is 0 Å². The Balaban J connectivity index is 1.71. The molecule has 0 N–H and O–H groups in total. The van der Waals surface area contributed by atoms with Crippen LogP contribution < -0.4 is 0 Å². The minimum atomic E-state index is -0.0893. The standard InChI is InChI=1S/C16H22ClNO2/c1-20-16(19)7-4-13-8-10-18(11-9-13)12-14-2-5-15(17)6-3-14/h2-3,5-6,13H,4,7-12H2,1H3. The zero-order valence-electron chi connectivity index (χ0n) is 12.0. The number of carbonyl (C=O) groups is 1. The molecule has 1 aliphatic rings. The molecule has 0 amide bonds. The van der Waals surface area contributed by atoms with Crippen LogP contribution in [0, 0.1) is 5.92 Å². The minimum absolute atomic E-state index is 0.0893. The lowest BCUT2D eigenvalue weighted by molar-refractivity contribution is -0.141. The summed E-state index contributed by atoms with van der Waals surface area (Å²) in [5, 5.41) is 0.787. The van der Waals surface area contributed by atoms with Crippen molar-refractivity contribution in [3.63, 3.8) is 0 Å². The molecule has 1 aliphatic heterocycles. The largest absolute Gasteiger partial charge is 0.469 e. The normalized spacial score (nSPS) is 17.1. The van der Waals surface area contributed by atoms with E-state index in [1.54, 1.807) is 0 Å². The molecule has 1 heterocycles. The molecule has 2 rings (SSSR count). The van der Waals surface area contributed by atoms with Crippen LogP contribution in [0.5, 0.6) is 0 Å². The van der Waals surface area contributed by atoms with E-state index in [1.165, 1.54) is 25.5 Å². The average Bonchev–Trinajstić information content (AvgIpc) is 2.48. The SMILES string of the molecule is COC(=O)CCC1CCN(Cc2ccc(Cl)cc2)CC1. The lowest BCUT2D eigenvalue weighted by Crippen LogP contribution is -2.33. The predicted molar refractivity (Wildman–Crippen MR) is 80.7 cm³/mol. The van der Waals surface area contributed by atoms with Crippen molar-refractivity contribution < 1.29 is 9.53 Å². The number of carbonyl (C=O) groups excluding carboxylic acids is 1. The van der Waals surface area contributed by atoms with Crippen LogP contribution in [0.25, 0.3) is 0 Å². The zero-order valence-corrected chi connectivity index (χ0v) is 12.7. The second-order valence-electron chi connectivity index (χ2n) is 5.46. The van der Waals surface area contributed by atoms with Gasteiger partial charge in [-0.3, -0.25) is 9.69 Å². The molecule has 0 aliphatic carbocycles. The van der Waals surface area contributed by atoms with Crippen molar-refractivity contribution >= 4 is 17.6 Å². The first-order chi connectivity index (χ1) is 9.67. The Kier molecular flexibility index (Phi) is 5.86. The summed E-state index contributed by atoms with van der Waals surface area (Å²) in [5.41, 5.74) is 1.31. The van der Waals surface area contributed by atoms with Gasteiger partial charge in [0.25, 0.3) is 0 Å². The lowest BCUT2D eigenvalue weighted by atomic mass is 9.92. The first-order valence-electron chi connectivity index (χ1n) is 7.21. The summed E-state index contributed by atoms with van der Waals surface area (Å²) >= 11 is 5.89. The Hall–Kier alpha value is -1.06. The van der Waals surface area contributed by atoms with E-state index < -0.39 is 0 Å². The highest BCUT2D eigenvalue weighted by Gasteiger charge is 2.20. The molecule has 20 heavy (non-hydrogen) atoms. The summed E-state index contributed by atoms with van der Waals surface area (Å²) < 4.78 is 4.69. The fourth-order valence-corrected chi connectivity index (χ4v) is 2.83. The van der Waals surface area contributed by atoms with Crippen LogP contribution in [0.2, 0.25) is 5.02 Å². The highest BCUT2D eigenvalue weighted by Crippen LogP contribution is 2.23. The number of likely N-dealkylation sites (tertiary alicyclic amines) is 1. The van der Waals surface area contributed by atoms with Crippen LogP contribution in [0.15, 0.2) is 24.3 Å². The van der Waals surface area contributed by atoms with E-state index in [-0.39, 0.29) is 5.97 Å². The summed E-state index contributed by atoms with van der Waals surface area (Å²) in [4.78, 5) is 13.6. The lowest BCUT2D eigenvalue weighted by Gasteiger charge is -2.31. The van der Waals surface area contributed by atoms with E-state index in [0.717, 1.165) is 31.1 Å². The van der Waals surface area contributed by atoms with Gasteiger partial charge in [0.05, 0.1) is 7.11 Å². The monoisotopic (exact) mass is 295 g/mol. The Morgan fingerprint density at radius 3 is 2.55 bits per heavy atom. The van der Waals surface area contributed by atoms with E-state index >= 15 is 0 Å². The molecular formula is C16H22ClNO2. The van der Waals surface area contributed by atoms with Crippen LogP contribution in [-0.4, -0.2) is 31.1 Å². The summed E-state index contributed by atoms with van der Waals surface area (Å²) in [6.45, 7) is 3.20. The highest BCUT2D eigenvalue weighted by molar-refractivity contribution is 6.30. The number of piperidine rings is 1. The maximum Gasteiger partial charge on any atom is 0.305 e. The Bertz CT molecular complexity index is 425. The molecule has 0 bridgehead atoms. The van der Waals surface area contributed by atoms with Crippen molar-refractivity contribution in [3.8, 4) is 0 Å². The summed E-state index contributed by atoms with van der Waals surface area (Å²) in [6.07, 6.45) is 3.86. The number of hydrogen-bond acceptors (Lipinski definition) is 3. The third-order valence-corrected chi connectivity index (χ3v) is 4.26. The third kappa shape index (κ3) is 4.80. The second-order valence-corrected chi connectivity index (χ2v) is 5.90. The fourth-order valence-electron chi connectivity index (χ4n) is 2.71. The molecule has 0 atom stereocenters. The number of nitrogens with zero attached hydrogens (tertiary/aromatic N) is 1. The molecule has 1 aromatic carbocycles. The van der Waals surface area contributed by atoms with Crippen molar-refractivity contribution in [2.24, 2.45) is 5.92 Å². The van der Waals surface area contributed by atoms with Crippen LogP contribution in [-0.2, 0) is 16.1 Å². The first-order valence-corrected chi connectivity index (χ1v) is 7.59. The van der Waals surface area contributed by atoms with Gasteiger partial charge in [-0.25, -0.2) is 0 Å². The smallest absolute Gasteiger partial charge is 0.305 e. The van der Waals surface area contributed by atoms with Gasteiger partial charge in [0.15, 0.2) is 0 Å². The summed E-state index contributed by atoms with van der Waals surface area (Å²) in [7, 11) is 1.46. The van der Waals surface area contributed by atoms with Crippen molar-refractivity contribution in [3.05, 3.63) is 34.9 Å². The number of benzene rings is 1. The number of hydrogen-bond donors (Lipinski definition) is 0. The van der Waals surface area contributed by atoms with Crippen molar-refractivity contribution in [2.45, 2.75) is 32.2 Å². The molecular weight excluding hydrogens is 274 g/mol. The van der Waals surface area contributed by atoms with Gasteiger partial charge in [-0.05, 0) is 56.0 Å². The average molecular weight is 296 g/mol. The van der Waals surface area contributed by atoms with Crippen molar-refractivity contribution in [2.75, 3.05) is 20.2 Å². The molecule has 0 unspecified atom stereocenters. The zero-order chi connectivity index (χ0) is 14.4. The minimum Gasteiger partial charge on any atom is -0.469 e. The molecule has 1 saturated heterocycles. The quantitative estimate of drug-likeness (QED) is 0.779. The predicted octanol–water partition coefficient (Wildman–Crippen LogP) is 3.51. The van der Waals surface area contributed by atoms with Gasteiger partial charge < -0.3 is 4.74 Å².